The molecular formula is C14H17N3O5. The Labute approximate surface area is 126 Å². The van der Waals surface area contributed by atoms with Gasteiger partial charge in [-0.2, -0.15) is 5.23 Å². The fraction of sp³-hybridized carbons (Fsp3) is 0.286. The summed E-state index contributed by atoms with van der Waals surface area (Å²) in [6.45, 7) is 3.52. The number of quaternary nitrogens is 1. The summed E-state index contributed by atoms with van der Waals surface area (Å²) in [5.74, 6) is -0.528. The maximum atomic E-state index is 12.1. The number of benzene rings is 1. The van der Waals surface area contributed by atoms with Crippen molar-refractivity contribution in [2.75, 3.05) is 6.61 Å². The van der Waals surface area contributed by atoms with Crippen molar-refractivity contribution in [3.8, 4) is 0 Å². The van der Waals surface area contributed by atoms with Crippen LogP contribution < -0.4 is 15.9 Å². The van der Waals surface area contributed by atoms with Crippen LogP contribution >= 0.6 is 0 Å². The largest absolute Gasteiger partial charge is 0.595 e. The Morgan fingerprint density at radius 1 is 1.41 bits per heavy atom. The van der Waals surface area contributed by atoms with E-state index in [4.69, 9.17) is 9.94 Å². The van der Waals surface area contributed by atoms with Crippen molar-refractivity contribution in [1.82, 2.24) is 10.6 Å². The highest BCUT2D eigenvalue weighted by molar-refractivity contribution is 5.95. The Kier molecular flexibility index (Phi) is 4.76. The molecule has 8 heteroatoms. The lowest BCUT2D eigenvalue weighted by Gasteiger charge is -2.28. The minimum Gasteiger partial charge on any atom is -0.595 e. The van der Waals surface area contributed by atoms with Crippen LogP contribution in [0.25, 0.3) is 0 Å². The quantitative estimate of drug-likeness (QED) is 0.471. The summed E-state index contributed by atoms with van der Waals surface area (Å²) in [6, 6.07) is 4.85. The molecule has 1 aromatic carbocycles. The van der Waals surface area contributed by atoms with Gasteiger partial charge in [0.05, 0.1) is 18.2 Å². The number of ether oxygens (including phenoxy) is 1. The van der Waals surface area contributed by atoms with Crippen molar-refractivity contribution in [3.05, 3.63) is 46.3 Å². The van der Waals surface area contributed by atoms with E-state index in [1.807, 2.05) is 0 Å². The molecule has 1 unspecified atom stereocenters. The van der Waals surface area contributed by atoms with Crippen LogP contribution in [-0.2, 0) is 9.53 Å². The zero-order valence-corrected chi connectivity index (χ0v) is 12.2. The summed E-state index contributed by atoms with van der Waals surface area (Å²) in [4.78, 5) is 23.8. The summed E-state index contributed by atoms with van der Waals surface area (Å²) in [5, 5.41) is 23.9. The first-order valence-corrected chi connectivity index (χ1v) is 6.72. The number of hydrogen-bond acceptors (Lipinski definition) is 5. The number of amides is 2. The Bertz CT molecular complexity index is 609. The van der Waals surface area contributed by atoms with E-state index in [9.17, 15) is 14.8 Å². The second-order valence-corrected chi connectivity index (χ2v) is 4.72. The molecule has 0 saturated heterocycles. The number of esters is 1. The molecule has 2 amide bonds. The van der Waals surface area contributed by atoms with Crippen LogP contribution in [0.15, 0.2) is 35.5 Å². The first kappa shape index (κ1) is 16.0. The Morgan fingerprint density at radius 2 is 2.05 bits per heavy atom. The van der Waals surface area contributed by atoms with Gasteiger partial charge in [0, 0.05) is 17.8 Å². The van der Waals surface area contributed by atoms with Crippen LogP contribution in [0.4, 0.5) is 10.5 Å². The van der Waals surface area contributed by atoms with Crippen molar-refractivity contribution in [2.45, 2.75) is 19.9 Å². The standard InChI is InChI=1S/C14H17N3O5/c1-3-22-13(18)11-8(2)15-14(19)16-12(11)9-4-6-10(7-5-9)17(20)21/h4-7,12,17,20H,3H2,1-2H3,(H2,15,16,19)/t12-/m0/s1. The van der Waals surface area contributed by atoms with Crippen molar-refractivity contribution >= 4 is 17.7 Å². The monoisotopic (exact) mass is 307 g/mol. The second-order valence-electron chi connectivity index (χ2n) is 4.72. The molecule has 2 atom stereocenters. The molecule has 118 valence electrons. The van der Waals surface area contributed by atoms with Gasteiger partial charge in [0.25, 0.3) is 0 Å². The number of carbonyl (C=O) groups excluding carboxylic acids is 2. The molecule has 22 heavy (non-hydrogen) atoms. The van der Waals surface area contributed by atoms with Crippen LogP contribution in [-0.4, -0.2) is 23.8 Å². The molecule has 0 aliphatic carbocycles. The number of allylic oxidation sites excluding steroid dienone is 1. The zero-order chi connectivity index (χ0) is 16.3. The van der Waals surface area contributed by atoms with Gasteiger partial charge in [-0.15, -0.1) is 0 Å². The highest BCUT2D eigenvalue weighted by Gasteiger charge is 2.32. The van der Waals surface area contributed by atoms with Gasteiger partial charge in [0.2, 0.25) is 0 Å². The van der Waals surface area contributed by atoms with E-state index in [0.717, 1.165) is 0 Å². The predicted molar refractivity (Wildman–Crippen MR) is 76.0 cm³/mol. The lowest BCUT2D eigenvalue weighted by molar-refractivity contribution is -0.991. The number of rotatable bonds is 4. The minimum absolute atomic E-state index is 0.127. The zero-order valence-electron chi connectivity index (χ0n) is 12.2. The third-order valence-corrected chi connectivity index (χ3v) is 3.26. The van der Waals surface area contributed by atoms with Gasteiger partial charge in [-0.3, -0.25) is 0 Å². The number of nitrogens with one attached hydrogen (secondary N) is 3. The lowest BCUT2D eigenvalue weighted by Crippen LogP contribution is -2.99. The van der Waals surface area contributed by atoms with Gasteiger partial charge in [0.1, 0.15) is 0 Å². The molecule has 0 fully saturated rings. The average molecular weight is 307 g/mol. The van der Waals surface area contributed by atoms with Gasteiger partial charge in [-0.05, 0) is 19.4 Å². The van der Waals surface area contributed by atoms with Gasteiger partial charge in [0.15, 0.2) is 5.69 Å². The van der Waals surface area contributed by atoms with E-state index in [1.54, 1.807) is 26.0 Å². The normalized spacial score (nSPS) is 19.3. The molecule has 1 aromatic rings. The second kappa shape index (κ2) is 6.56. The minimum atomic E-state index is -1.04. The Morgan fingerprint density at radius 3 is 2.59 bits per heavy atom. The number of carbonyl (C=O) groups is 2. The van der Waals surface area contributed by atoms with Crippen LogP contribution in [0.5, 0.6) is 0 Å². The fourth-order valence-electron chi connectivity index (χ4n) is 2.24. The molecule has 0 spiro atoms. The number of hydrogen-bond donors (Lipinski definition) is 4. The molecule has 4 N–H and O–H groups in total. The van der Waals surface area contributed by atoms with Crippen LogP contribution in [0.2, 0.25) is 0 Å². The van der Waals surface area contributed by atoms with Crippen LogP contribution in [0, 0.1) is 5.21 Å². The maximum Gasteiger partial charge on any atom is 0.338 e. The van der Waals surface area contributed by atoms with E-state index in [2.05, 4.69) is 10.6 Å². The summed E-state index contributed by atoms with van der Waals surface area (Å²) < 4.78 is 5.02. The highest BCUT2D eigenvalue weighted by Crippen LogP contribution is 2.27. The van der Waals surface area contributed by atoms with Crippen molar-refractivity contribution < 1.29 is 24.8 Å². The molecule has 8 nitrogen and oxygen atoms in total. The van der Waals surface area contributed by atoms with Crippen molar-refractivity contribution in [2.24, 2.45) is 0 Å². The number of urea groups is 1. The summed E-state index contributed by atoms with van der Waals surface area (Å²) in [5.41, 5.74) is 1.43. The molecule has 0 saturated carbocycles. The Hall–Kier alpha value is -2.42. The van der Waals surface area contributed by atoms with Gasteiger partial charge in [-0.25, -0.2) is 14.8 Å². The molecule has 0 bridgehead atoms. The summed E-state index contributed by atoms with van der Waals surface area (Å²) >= 11 is 0. The first-order valence-electron chi connectivity index (χ1n) is 6.72. The van der Waals surface area contributed by atoms with Crippen molar-refractivity contribution in [3.63, 3.8) is 0 Å². The van der Waals surface area contributed by atoms with E-state index in [1.165, 1.54) is 12.1 Å². The first-order chi connectivity index (χ1) is 10.4. The SMILES string of the molecule is CCOC(=O)C1=C(C)NC(=O)N[C@H]1c1ccc([NH+]([O-])O)cc1. The molecular weight excluding hydrogens is 290 g/mol. The van der Waals surface area contributed by atoms with E-state index >= 15 is 0 Å². The van der Waals surface area contributed by atoms with E-state index < -0.39 is 23.3 Å². The topological polar surface area (TPSA) is 115 Å². The predicted octanol–water partition coefficient (Wildman–Crippen LogP) is 0.281. The fourth-order valence-corrected chi connectivity index (χ4v) is 2.24. The average Bonchev–Trinajstić information content (AvgIpc) is 2.46. The molecule has 1 aliphatic heterocycles. The molecule has 2 rings (SSSR count). The van der Waals surface area contributed by atoms with Gasteiger partial charge >= 0.3 is 12.0 Å². The third-order valence-electron chi connectivity index (χ3n) is 3.26. The molecule has 0 aromatic heterocycles. The summed E-state index contributed by atoms with van der Waals surface area (Å²) in [7, 11) is 0. The van der Waals surface area contributed by atoms with E-state index in [0.29, 0.717) is 16.8 Å². The molecule has 1 aliphatic rings. The van der Waals surface area contributed by atoms with Gasteiger partial charge < -0.3 is 20.6 Å². The van der Waals surface area contributed by atoms with Crippen LogP contribution in [0.1, 0.15) is 25.5 Å². The van der Waals surface area contributed by atoms with Crippen LogP contribution in [0.3, 0.4) is 0 Å². The maximum absolute atomic E-state index is 12.1. The van der Waals surface area contributed by atoms with Crippen molar-refractivity contribution in [1.29, 1.82) is 0 Å². The highest BCUT2D eigenvalue weighted by atomic mass is 16.8. The third kappa shape index (κ3) is 3.25. The Balaban J connectivity index is 2.38. The molecule has 0 radical (unpaired) electrons. The molecule has 1 heterocycles. The smallest absolute Gasteiger partial charge is 0.338 e. The van der Waals surface area contributed by atoms with E-state index in [-0.39, 0.29) is 12.3 Å². The van der Waals surface area contributed by atoms with Gasteiger partial charge in [-0.1, -0.05) is 12.1 Å². The summed E-state index contributed by atoms with van der Waals surface area (Å²) in [6.07, 6.45) is 0. The lowest BCUT2D eigenvalue weighted by atomic mass is 9.95.